The topological polar surface area (TPSA) is 121 Å². The maximum atomic E-state index is 12.4. The van der Waals surface area contributed by atoms with Crippen LogP contribution in [0.1, 0.15) is 0 Å². The van der Waals surface area contributed by atoms with Crippen LogP contribution in [0.15, 0.2) is 47.6 Å². The van der Waals surface area contributed by atoms with Gasteiger partial charge in [0.05, 0.1) is 30.6 Å². The Morgan fingerprint density at radius 3 is 2.53 bits per heavy atom. The maximum Gasteiger partial charge on any atom is 0.269 e. The molecule has 0 bridgehead atoms. The molecule has 156 valence electrons. The first kappa shape index (κ1) is 21.1. The molecule has 10 nitrogen and oxygen atoms in total. The largest absolute Gasteiger partial charge is 0.497 e. The van der Waals surface area contributed by atoms with Crippen molar-refractivity contribution >= 4 is 29.0 Å². The molecule has 11 heteroatoms. The number of hydrogen-bond acceptors (Lipinski definition) is 8. The molecule has 0 saturated heterocycles. The molecule has 0 spiro atoms. The van der Waals surface area contributed by atoms with Crippen molar-refractivity contribution in [3.05, 3.63) is 52.6 Å². The van der Waals surface area contributed by atoms with Crippen molar-refractivity contribution in [2.45, 2.75) is 5.16 Å². The Balaban J connectivity index is 1.65. The van der Waals surface area contributed by atoms with Gasteiger partial charge < -0.3 is 19.4 Å². The predicted molar refractivity (Wildman–Crippen MR) is 112 cm³/mol. The van der Waals surface area contributed by atoms with Crippen LogP contribution in [0.4, 0.5) is 11.4 Å². The van der Waals surface area contributed by atoms with Gasteiger partial charge >= 0.3 is 0 Å². The van der Waals surface area contributed by atoms with Gasteiger partial charge in [0.2, 0.25) is 5.91 Å². The second kappa shape index (κ2) is 9.27. The molecule has 0 aliphatic carbocycles. The number of ether oxygens (including phenoxy) is 2. The highest BCUT2D eigenvalue weighted by Crippen LogP contribution is 2.29. The van der Waals surface area contributed by atoms with Gasteiger partial charge in [0, 0.05) is 30.8 Å². The summed E-state index contributed by atoms with van der Waals surface area (Å²) in [6.07, 6.45) is 0. The summed E-state index contributed by atoms with van der Waals surface area (Å²) in [5.74, 6) is 1.54. The number of nitro benzene ring substituents is 1. The Bertz CT molecular complexity index is 1070. The number of hydrogen-bond donors (Lipinski definition) is 1. The fourth-order valence-corrected chi connectivity index (χ4v) is 3.35. The minimum Gasteiger partial charge on any atom is -0.497 e. The third-order valence-corrected chi connectivity index (χ3v) is 5.21. The molecule has 0 aliphatic rings. The van der Waals surface area contributed by atoms with Crippen LogP contribution in [0.25, 0.3) is 11.4 Å². The Morgan fingerprint density at radius 1 is 1.17 bits per heavy atom. The lowest BCUT2D eigenvalue weighted by Crippen LogP contribution is -2.15. The number of rotatable bonds is 8. The predicted octanol–water partition coefficient (Wildman–Crippen LogP) is 3.14. The number of methoxy groups -OCH3 is 2. The Morgan fingerprint density at radius 2 is 1.90 bits per heavy atom. The minimum atomic E-state index is -0.460. The second-order valence-corrected chi connectivity index (χ2v) is 7.01. The molecule has 0 saturated carbocycles. The highest BCUT2D eigenvalue weighted by atomic mass is 32.2. The Kier molecular flexibility index (Phi) is 6.52. The lowest BCUT2D eigenvalue weighted by atomic mass is 10.2. The SMILES string of the molecule is COc1ccc(NC(=O)CSc2nnc(-c3ccc([N+](=O)[O-])cc3)n2C)c(OC)c1. The summed E-state index contributed by atoms with van der Waals surface area (Å²) in [5, 5.41) is 22.4. The number of carbonyl (C=O) groups excluding carboxylic acids is 1. The molecule has 2 aromatic carbocycles. The summed E-state index contributed by atoms with van der Waals surface area (Å²) < 4.78 is 12.1. The monoisotopic (exact) mass is 429 g/mol. The van der Waals surface area contributed by atoms with Crippen LogP contribution in [0.5, 0.6) is 11.5 Å². The number of aromatic nitrogens is 3. The molecule has 0 aliphatic heterocycles. The van der Waals surface area contributed by atoms with Gasteiger partial charge in [-0.15, -0.1) is 10.2 Å². The summed E-state index contributed by atoms with van der Waals surface area (Å²) in [6.45, 7) is 0. The number of non-ortho nitro benzene ring substituents is 1. The van der Waals surface area contributed by atoms with E-state index >= 15 is 0 Å². The fraction of sp³-hybridized carbons (Fsp3) is 0.211. The van der Waals surface area contributed by atoms with Gasteiger partial charge in [0.1, 0.15) is 11.5 Å². The van der Waals surface area contributed by atoms with Gasteiger partial charge in [-0.1, -0.05) is 11.8 Å². The van der Waals surface area contributed by atoms with E-state index in [2.05, 4.69) is 15.5 Å². The fourth-order valence-electron chi connectivity index (χ4n) is 2.64. The van der Waals surface area contributed by atoms with Gasteiger partial charge in [0.25, 0.3) is 5.69 Å². The molecule has 1 N–H and O–H groups in total. The first-order chi connectivity index (χ1) is 14.4. The van der Waals surface area contributed by atoms with Crippen molar-refractivity contribution in [3.63, 3.8) is 0 Å². The molecule has 0 unspecified atom stereocenters. The maximum absolute atomic E-state index is 12.4. The van der Waals surface area contributed by atoms with Crippen LogP contribution in [0, 0.1) is 10.1 Å². The van der Waals surface area contributed by atoms with Gasteiger partial charge in [-0.25, -0.2) is 0 Å². The molecular weight excluding hydrogens is 410 g/mol. The van der Waals surface area contributed by atoms with Crippen LogP contribution >= 0.6 is 11.8 Å². The number of thioether (sulfide) groups is 1. The Hall–Kier alpha value is -3.60. The normalized spacial score (nSPS) is 10.5. The van der Waals surface area contributed by atoms with Crippen LogP contribution in [-0.2, 0) is 11.8 Å². The minimum absolute atomic E-state index is 0.00106. The number of nitrogens with one attached hydrogen (secondary N) is 1. The van der Waals surface area contributed by atoms with Crippen molar-refractivity contribution in [3.8, 4) is 22.9 Å². The summed E-state index contributed by atoms with van der Waals surface area (Å²) in [6, 6.07) is 11.2. The van der Waals surface area contributed by atoms with E-state index in [9.17, 15) is 14.9 Å². The van der Waals surface area contributed by atoms with E-state index in [0.29, 0.717) is 33.7 Å². The van der Waals surface area contributed by atoms with Gasteiger partial charge in [-0.2, -0.15) is 0 Å². The molecular formula is C19H19N5O5S. The summed E-state index contributed by atoms with van der Waals surface area (Å²) in [5.41, 5.74) is 1.23. The lowest BCUT2D eigenvalue weighted by molar-refractivity contribution is -0.384. The molecule has 3 aromatic rings. The van der Waals surface area contributed by atoms with E-state index in [-0.39, 0.29) is 17.3 Å². The van der Waals surface area contributed by atoms with Gasteiger partial charge in [-0.05, 0) is 24.3 Å². The number of carbonyl (C=O) groups is 1. The van der Waals surface area contributed by atoms with Crippen molar-refractivity contribution in [2.24, 2.45) is 7.05 Å². The third kappa shape index (κ3) is 4.69. The molecule has 3 rings (SSSR count). The number of nitrogens with zero attached hydrogens (tertiary/aromatic N) is 4. The average molecular weight is 429 g/mol. The number of nitro groups is 1. The third-order valence-electron chi connectivity index (χ3n) is 4.19. The molecule has 1 heterocycles. The van der Waals surface area contributed by atoms with Crippen LogP contribution in [0.2, 0.25) is 0 Å². The molecule has 1 aromatic heterocycles. The van der Waals surface area contributed by atoms with Crippen molar-refractivity contribution < 1.29 is 19.2 Å². The number of amides is 1. The van der Waals surface area contributed by atoms with Crippen LogP contribution in [0.3, 0.4) is 0 Å². The van der Waals surface area contributed by atoms with E-state index < -0.39 is 4.92 Å². The Labute approximate surface area is 176 Å². The highest BCUT2D eigenvalue weighted by Gasteiger charge is 2.15. The van der Waals surface area contributed by atoms with E-state index in [0.717, 1.165) is 0 Å². The van der Waals surface area contributed by atoms with E-state index in [1.165, 1.54) is 31.0 Å². The second-order valence-electron chi connectivity index (χ2n) is 6.07. The van der Waals surface area contributed by atoms with Crippen LogP contribution < -0.4 is 14.8 Å². The molecule has 30 heavy (non-hydrogen) atoms. The average Bonchev–Trinajstić information content (AvgIpc) is 3.12. The summed E-state index contributed by atoms with van der Waals surface area (Å²) >= 11 is 1.22. The van der Waals surface area contributed by atoms with Gasteiger partial charge in [-0.3, -0.25) is 14.9 Å². The zero-order valence-electron chi connectivity index (χ0n) is 16.5. The molecule has 1 amide bonds. The smallest absolute Gasteiger partial charge is 0.269 e. The number of anilines is 1. The molecule has 0 radical (unpaired) electrons. The zero-order valence-corrected chi connectivity index (χ0v) is 17.3. The summed E-state index contributed by atoms with van der Waals surface area (Å²) in [7, 11) is 4.83. The quantitative estimate of drug-likeness (QED) is 0.329. The van der Waals surface area contributed by atoms with Crippen molar-refractivity contribution in [2.75, 3.05) is 25.3 Å². The van der Waals surface area contributed by atoms with Crippen molar-refractivity contribution in [1.82, 2.24) is 14.8 Å². The standard InChI is InChI=1S/C19H19N5O5S/c1-23-18(12-4-6-13(7-5-12)24(26)27)21-22-19(23)30-11-17(25)20-15-9-8-14(28-2)10-16(15)29-3/h4-10H,11H2,1-3H3,(H,20,25). The van der Waals surface area contributed by atoms with Crippen molar-refractivity contribution in [1.29, 1.82) is 0 Å². The van der Waals surface area contributed by atoms with E-state index in [4.69, 9.17) is 9.47 Å². The van der Waals surface area contributed by atoms with Crippen LogP contribution in [-0.4, -0.2) is 45.6 Å². The van der Waals surface area contributed by atoms with E-state index in [1.807, 2.05) is 0 Å². The lowest BCUT2D eigenvalue weighted by Gasteiger charge is -2.11. The summed E-state index contributed by atoms with van der Waals surface area (Å²) in [4.78, 5) is 22.7. The first-order valence-electron chi connectivity index (χ1n) is 8.72. The zero-order chi connectivity index (χ0) is 21.7. The highest BCUT2D eigenvalue weighted by molar-refractivity contribution is 7.99. The van der Waals surface area contributed by atoms with Gasteiger partial charge in [0.15, 0.2) is 11.0 Å². The molecule has 0 fully saturated rings. The van der Waals surface area contributed by atoms with E-state index in [1.54, 1.807) is 49.1 Å². The molecule has 0 atom stereocenters. The number of benzene rings is 2. The first-order valence-corrected chi connectivity index (χ1v) is 9.70.